The van der Waals surface area contributed by atoms with E-state index in [-0.39, 0.29) is 17.2 Å². The molecule has 1 aromatic carbocycles. The van der Waals surface area contributed by atoms with E-state index in [4.69, 9.17) is 11.6 Å². The summed E-state index contributed by atoms with van der Waals surface area (Å²) in [7, 11) is 0. The third kappa shape index (κ3) is 4.11. The van der Waals surface area contributed by atoms with Crippen molar-refractivity contribution in [2.75, 3.05) is 11.1 Å². The van der Waals surface area contributed by atoms with E-state index in [2.05, 4.69) is 15.3 Å². The number of halogens is 1. The lowest BCUT2D eigenvalue weighted by atomic mass is 10.2. The molecule has 2 rings (SSSR count). The van der Waals surface area contributed by atoms with Crippen LogP contribution < -0.4 is 10.9 Å². The van der Waals surface area contributed by atoms with Crippen LogP contribution in [0.25, 0.3) is 0 Å². The summed E-state index contributed by atoms with van der Waals surface area (Å²) in [6, 6.07) is 6.57. The molecule has 0 saturated heterocycles. The van der Waals surface area contributed by atoms with Crippen LogP contribution in [0.3, 0.4) is 0 Å². The first-order chi connectivity index (χ1) is 9.54. The summed E-state index contributed by atoms with van der Waals surface area (Å²) >= 11 is 7.02. The van der Waals surface area contributed by atoms with Gasteiger partial charge in [-0.3, -0.25) is 9.59 Å². The number of nitrogens with one attached hydrogen (secondary N) is 2. The van der Waals surface area contributed by atoms with Crippen LogP contribution in [0.1, 0.15) is 5.56 Å². The average molecular weight is 310 g/mol. The average Bonchev–Trinajstić information content (AvgIpc) is 2.40. The summed E-state index contributed by atoms with van der Waals surface area (Å²) in [5.41, 5.74) is 1.37. The Bertz CT molecular complexity index is 687. The van der Waals surface area contributed by atoms with Crippen molar-refractivity contribution in [2.45, 2.75) is 12.1 Å². The molecular formula is C13H12ClN3O2S. The molecular weight excluding hydrogens is 298 g/mol. The van der Waals surface area contributed by atoms with Gasteiger partial charge in [-0.15, -0.1) is 0 Å². The van der Waals surface area contributed by atoms with Crippen molar-refractivity contribution >= 4 is 35.0 Å². The van der Waals surface area contributed by atoms with Crippen molar-refractivity contribution in [1.82, 2.24) is 9.97 Å². The van der Waals surface area contributed by atoms with Gasteiger partial charge < -0.3 is 10.3 Å². The number of aryl methyl sites for hydroxylation is 1. The summed E-state index contributed by atoms with van der Waals surface area (Å²) < 4.78 is 0. The smallest absolute Gasteiger partial charge is 0.251 e. The number of carbonyl (C=O) groups excluding carboxylic acids is 1. The Balaban J connectivity index is 1.94. The molecule has 0 fully saturated rings. The number of hydrogen-bond acceptors (Lipinski definition) is 4. The molecule has 0 aliphatic rings. The Kier molecular flexibility index (Phi) is 4.81. The first kappa shape index (κ1) is 14.6. The van der Waals surface area contributed by atoms with Crippen LogP contribution >= 0.6 is 23.4 Å². The number of benzene rings is 1. The van der Waals surface area contributed by atoms with Crippen molar-refractivity contribution in [2.24, 2.45) is 0 Å². The maximum atomic E-state index is 11.8. The minimum Gasteiger partial charge on any atom is -0.325 e. The highest BCUT2D eigenvalue weighted by atomic mass is 35.5. The number of carbonyl (C=O) groups is 1. The van der Waals surface area contributed by atoms with Gasteiger partial charge in [-0.05, 0) is 30.7 Å². The Morgan fingerprint density at radius 1 is 1.45 bits per heavy atom. The van der Waals surface area contributed by atoms with E-state index in [9.17, 15) is 9.59 Å². The number of aromatic amines is 1. The predicted molar refractivity (Wildman–Crippen MR) is 80.4 cm³/mol. The topological polar surface area (TPSA) is 74.8 Å². The molecule has 0 aliphatic heterocycles. The molecule has 0 bridgehead atoms. The lowest BCUT2D eigenvalue weighted by Gasteiger charge is -2.08. The van der Waals surface area contributed by atoms with E-state index < -0.39 is 0 Å². The molecule has 5 nitrogen and oxygen atoms in total. The fraction of sp³-hybridized carbons (Fsp3) is 0.154. The molecule has 7 heteroatoms. The quantitative estimate of drug-likeness (QED) is 0.672. The molecule has 0 spiro atoms. The van der Waals surface area contributed by atoms with Gasteiger partial charge in [0.15, 0.2) is 5.16 Å². The number of amides is 1. The number of aromatic nitrogens is 2. The van der Waals surface area contributed by atoms with Crippen molar-refractivity contribution in [3.05, 3.63) is 51.4 Å². The van der Waals surface area contributed by atoms with Gasteiger partial charge >= 0.3 is 0 Å². The number of anilines is 1. The zero-order valence-corrected chi connectivity index (χ0v) is 12.2. The Hall–Kier alpha value is -1.79. The van der Waals surface area contributed by atoms with Crippen LogP contribution in [0, 0.1) is 6.92 Å². The molecule has 0 saturated carbocycles. The summed E-state index contributed by atoms with van der Waals surface area (Å²) in [4.78, 5) is 29.4. The first-order valence-corrected chi connectivity index (χ1v) is 7.15. The molecule has 1 heterocycles. The van der Waals surface area contributed by atoms with Crippen LogP contribution in [0.4, 0.5) is 5.69 Å². The van der Waals surface area contributed by atoms with Gasteiger partial charge in [-0.2, -0.15) is 0 Å². The Labute approximate surface area is 124 Å². The summed E-state index contributed by atoms with van der Waals surface area (Å²) in [5.74, 6) is -0.0124. The second-order valence-corrected chi connectivity index (χ2v) is 5.44. The van der Waals surface area contributed by atoms with Gasteiger partial charge in [-0.25, -0.2) is 4.98 Å². The van der Waals surface area contributed by atoms with Crippen molar-refractivity contribution in [3.8, 4) is 0 Å². The zero-order chi connectivity index (χ0) is 14.5. The van der Waals surface area contributed by atoms with Crippen LogP contribution in [-0.2, 0) is 4.79 Å². The highest BCUT2D eigenvalue weighted by molar-refractivity contribution is 7.99. The van der Waals surface area contributed by atoms with Crippen molar-refractivity contribution < 1.29 is 4.79 Å². The highest BCUT2D eigenvalue weighted by Gasteiger charge is 2.07. The lowest BCUT2D eigenvalue weighted by Crippen LogP contribution is -2.15. The number of hydrogen-bond donors (Lipinski definition) is 2. The van der Waals surface area contributed by atoms with Gasteiger partial charge in [-0.1, -0.05) is 23.4 Å². The summed E-state index contributed by atoms with van der Waals surface area (Å²) in [6.07, 6.45) is 1.41. The van der Waals surface area contributed by atoms with Crippen molar-refractivity contribution in [1.29, 1.82) is 0 Å². The second kappa shape index (κ2) is 6.58. The van der Waals surface area contributed by atoms with Crippen LogP contribution in [0.15, 0.2) is 40.4 Å². The Morgan fingerprint density at radius 2 is 2.25 bits per heavy atom. The number of rotatable bonds is 4. The van der Waals surface area contributed by atoms with Crippen molar-refractivity contribution in [3.63, 3.8) is 0 Å². The van der Waals surface area contributed by atoms with E-state index in [0.29, 0.717) is 10.2 Å². The molecule has 2 N–H and O–H groups in total. The van der Waals surface area contributed by atoms with Crippen LogP contribution in [0.2, 0.25) is 5.02 Å². The first-order valence-electron chi connectivity index (χ1n) is 5.79. The van der Waals surface area contributed by atoms with Gasteiger partial charge in [0.05, 0.1) is 5.75 Å². The lowest BCUT2D eigenvalue weighted by molar-refractivity contribution is -0.113. The molecule has 1 aromatic heterocycles. The van der Waals surface area contributed by atoms with Crippen LogP contribution in [0.5, 0.6) is 0 Å². The number of nitrogens with zero attached hydrogens (tertiary/aromatic N) is 1. The second-order valence-electron chi connectivity index (χ2n) is 4.04. The predicted octanol–water partition coefficient (Wildman–Crippen LogP) is 2.46. The minimum absolute atomic E-state index is 0.162. The standard InChI is InChI=1S/C13H12ClN3O2S/c1-8-6-9(14)2-3-10(8)16-12(19)7-20-13-15-5-4-11(18)17-13/h2-6H,7H2,1H3,(H,16,19)(H,15,17,18). The maximum absolute atomic E-state index is 11.8. The van der Waals surface area contributed by atoms with Gasteiger partial charge in [0.1, 0.15) is 0 Å². The zero-order valence-electron chi connectivity index (χ0n) is 10.6. The fourth-order valence-electron chi connectivity index (χ4n) is 1.51. The third-order valence-corrected chi connectivity index (χ3v) is 3.57. The van der Waals surface area contributed by atoms with Gasteiger partial charge in [0, 0.05) is 23.0 Å². The van der Waals surface area contributed by atoms with E-state index in [1.807, 2.05) is 6.92 Å². The largest absolute Gasteiger partial charge is 0.325 e. The maximum Gasteiger partial charge on any atom is 0.251 e. The molecule has 2 aromatic rings. The third-order valence-electron chi connectivity index (χ3n) is 2.45. The molecule has 0 unspecified atom stereocenters. The number of thioether (sulfide) groups is 1. The van der Waals surface area contributed by atoms with E-state index in [1.54, 1.807) is 18.2 Å². The molecule has 1 amide bonds. The molecule has 104 valence electrons. The highest BCUT2D eigenvalue weighted by Crippen LogP contribution is 2.20. The van der Waals surface area contributed by atoms with E-state index in [1.165, 1.54) is 24.0 Å². The van der Waals surface area contributed by atoms with Gasteiger partial charge in [0.25, 0.3) is 5.56 Å². The monoisotopic (exact) mass is 309 g/mol. The minimum atomic E-state index is -0.239. The fourth-order valence-corrected chi connectivity index (χ4v) is 2.39. The van der Waals surface area contributed by atoms with Gasteiger partial charge in [0.2, 0.25) is 5.91 Å². The normalized spacial score (nSPS) is 10.3. The SMILES string of the molecule is Cc1cc(Cl)ccc1NC(=O)CSc1nccc(=O)[nH]1. The summed E-state index contributed by atoms with van der Waals surface area (Å²) in [6.45, 7) is 1.87. The molecule has 0 radical (unpaired) electrons. The Morgan fingerprint density at radius 3 is 2.95 bits per heavy atom. The number of H-pyrrole nitrogens is 1. The van der Waals surface area contributed by atoms with E-state index >= 15 is 0 Å². The molecule has 0 aliphatic carbocycles. The summed E-state index contributed by atoms with van der Waals surface area (Å²) in [5, 5.41) is 3.83. The van der Waals surface area contributed by atoms with E-state index in [0.717, 1.165) is 11.3 Å². The molecule has 20 heavy (non-hydrogen) atoms. The van der Waals surface area contributed by atoms with Crippen LogP contribution in [-0.4, -0.2) is 21.6 Å². The molecule has 0 atom stereocenters.